The van der Waals surface area contributed by atoms with E-state index in [4.69, 9.17) is 0 Å². The largest absolute Gasteiger partial charge is 0.353 e. The van der Waals surface area contributed by atoms with E-state index in [0.29, 0.717) is 16.5 Å². The van der Waals surface area contributed by atoms with Crippen molar-refractivity contribution in [3.63, 3.8) is 0 Å². The van der Waals surface area contributed by atoms with Gasteiger partial charge in [0.1, 0.15) is 4.47 Å². The SMILES string of the molecule is Cc1nc(NC2CCCCC2)[nH]c(=O)c1Br. The molecule has 0 radical (unpaired) electrons. The average molecular weight is 286 g/mol. The molecular weight excluding hydrogens is 270 g/mol. The quantitative estimate of drug-likeness (QED) is 0.878. The van der Waals surface area contributed by atoms with Gasteiger partial charge in [0.05, 0.1) is 5.69 Å². The molecule has 16 heavy (non-hydrogen) atoms. The van der Waals surface area contributed by atoms with E-state index in [9.17, 15) is 4.79 Å². The van der Waals surface area contributed by atoms with Crippen LogP contribution in [0.4, 0.5) is 5.95 Å². The molecule has 1 saturated carbocycles. The number of hydrogen-bond donors (Lipinski definition) is 2. The van der Waals surface area contributed by atoms with Crippen molar-refractivity contribution in [2.45, 2.75) is 45.1 Å². The first-order chi connectivity index (χ1) is 7.66. The molecule has 0 saturated heterocycles. The number of anilines is 1. The van der Waals surface area contributed by atoms with Crippen LogP contribution in [0.2, 0.25) is 0 Å². The highest BCUT2D eigenvalue weighted by Gasteiger charge is 2.14. The van der Waals surface area contributed by atoms with Crippen LogP contribution in [0.5, 0.6) is 0 Å². The Labute approximate surface area is 103 Å². The summed E-state index contributed by atoms with van der Waals surface area (Å²) in [7, 11) is 0. The summed E-state index contributed by atoms with van der Waals surface area (Å²) in [5.41, 5.74) is 0.605. The first kappa shape index (κ1) is 11.6. The van der Waals surface area contributed by atoms with E-state index in [2.05, 4.69) is 31.2 Å². The van der Waals surface area contributed by atoms with Gasteiger partial charge >= 0.3 is 0 Å². The standard InChI is InChI=1S/C11H16BrN3O/c1-7-9(12)10(16)15-11(13-7)14-8-5-3-2-4-6-8/h8H,2-6H2,1H3,(H2,13,14,15,16). The first-order valence-electron chi connectivity index (χ1n) is 5.70. The van der Waals surface area contributed by atoms with E-state index >= 15 is 0 Å². The molecule has 88 valence electrons. The summed E-state index contributed by atoms with van der Waals surface area (Å²) in [5, 5.41) is 3.30. The van der Waals surface area contributed by atoms with E-state index in [1.54, 1.807) is 0 Å². The minimum absolute atomic E-state index is 0.120. The van der Waals surface area contributed by atoms with Crippen molar-refractivity contribution >= 4 is 21.9 Å². The number of aromatic nitrogens is 2. The van der Waals surface area contributed by atoms with Crippen LogP contribution < -0.4 is 10.9 Å². The van der Waals surface area contributed by atoms with Gasteiger partial charge in [-0.2, -0.15) is 0 Å². The minimum Gasteiger partial charge on any atom is -0.353 e. The van der Waals surface area contributed by atoms with Crippen LogP contribution in [0.15, 0.2) is 9.27 Å². The second-order valence-electron chi connectivity index (χ2n) is 4.29. The van der Waals surface area contributed by atoms with Crippen molar-refractivity contribution in [3.8, 4) is 0 Å². The molecule has 1 fully saturated rings. The minimum atomic E-state index is -0.120. The molecule has 1 aromatic rings. The van der Waals surface area contributed by atoms with Gasteiger partial charge in [-0.3, -0.25) is 9.78 Å². The Bertz CT molecular complexity index is 424. The Morgan fingerprint density at radius 3 is 2.69 bits per heavy atom. The number of nitrogens with zero attached hydrogens (tertiary/aromatic N) is 1. The zero-order valence-corrected chi connectivity index (χ0v) is 10.9. The Balaban J connectivity index is 2.12. The number of hydrogen-bond acceptors (Lipinski definition) is 3. The fourth-order valence-corrected chi connectivity index (χ4v) is 2.27. The highest BCUT2D eigenvalue weighted by atomic mass is 79.9. The normalized spacial score (nSPS) is 17.4. The van der Waals surface area contributed by atoms with Crippen molar-refractivity contribution in [2.24, 2.45) is 0 Å². The van der Waals surface area contributed by atoms with Crippen LogP contribution >= 0.6 is 15.9 Å². The van der Waals surface area contributed by atoms with Gasteiger partial charge < -0.3 is 5.32 Å². The fraction of sp³-hybridized carbons (Fsp3) is 0.636. The van der Waals surface area contributed by atoms with Crippen LogP contribution in [-0.4, -0.2) is 16.0 Å². The smallest absolute Gasteiger partial charge is 0.266 e. The molecule has 1 aliphatic rings. The van der Waals surface area contributed by atoms with E-state index in [0.717, 1.165) is 5.69 Å². The molecule has 1 aliphatic carbocycles. The van der Waals surface area contributed by atoms with E-state index < -0.39 is 0 Å². The number of halogens is 1. The zero-order chi connectivity index (χ0) is 11.5. The van der Waals surface area contributed by atoms with Crippen LogP contribution in [0, 0.1) is 6.92 Å². The Kier molecular flexibility index (Phi) is 3.63. The summed E-state index contributed by atoms with van der Waals surface area (Å²) in [4.78, 5) is 18.6. The van der Waals surface area contributed by atoms with Gasteiger partial charge in [0.25, 0.3) is 5.56 Å². The third-order valence-corrected chi connectivity index (χ3v) is 3.91. The van der Waals surface area contributed by atoms with Crippen molar-refractivity contribution in [1.82, 2.24) is 9.97 Å². The molecule has 5 heteroatoms. The van der Waals surface area contributed by atoms with Crippen LogP contribution in [-0.2, 0) is 0 Å². The summed E-state index contributed by atoms with van der Waals surface area (Å²) in [6.45, 7) is 1.82. The van der Waals surface area contributed by atoms with Crippen LogP contribution in [0.25, 0.3) is 0 Å². The number of aryl methyl sites for hydroxylation is 1. The van der Waals surface area contributed by atoms with Crippen molar-refractivity contribution < 1.29 is 0 Å². The molecule has 0 bridgehead atoms. The predicted octanol–water partition coefficient (Wildman–Crippen LogP) is 2.59. The average Bonchev–Trinajstić information content (AvgIpc) is 2.27. The fourth-order valence-electron chi connectivity index (χ4n) is 2.08. The van der Waals surface area contributed by atoms with Crippen molar-refractivity contribution in [1.29, 1.82) is 0 Å². The Hall–Kier alpha value is -0.840. The summed E-state index contributed by atoms with van der Waals surface area (Å²) in [6, 6.07) is 0.456. The number of aromatic amines is 1. The topological polar surface area (TPSA) is 57.8 Å². The molecule has 1 aromatic heterocycles. The highest BCUT2D eigenvalue weighted by molar-refractivity contribution is 9.10. The van der Waals surface area contributed by atoms with Crippen molar-refractivity contribution in [3.05, 3.63) is 20.5 Å². The summed E-state index contributed by atoms with van der Waals surface area (Å²) in [6.07, 6.45) is 6.17. The van der Waals surface area contributed by atoms with Crippen LogP contribution in [0.3, 0.4) is 0 Å². The van der Waals surface area contributed by atoms with Gasteiger partial charge in [-0.15, -0.1) is 0 Å². The lowest BCUT2D eigenvalue weighted by molar-refractivity contribution is 0.460. The summed E-state index contributed by atoms with van der Waals surface area (Å²) >= 11 is 3.20. The predicted molar refractivity (Wildman–Crippen MR) is 67.8 cm³/mol. The summed E-state index contributed by atoms with van der Waals surface area (Å²) < 4.78 is 0.515. The number of H-pyrrole nitrogens is 1. The van der Waals surface area contributed by atoms with Gasteiger partial charge in [-0.1, -0.05) is 19.3 Å². The van der Waals surface area contributed by atoms with Gasteiger partial charge in [0.15, 0.2) is 0 Å². The maximum Gasteiger partial charge on any atom is 0.266 e. The number of rotatable bonds is 2. The monoisotopic (exact) mass is 285 g/mol. The third kappa shape index (κ3) is 2.64. The lowest BCUT2D eigenvalue weighted by Crippen LogP contribution is -2.25. The molecule has 0 aliphatic heterocycles. The molecule has 2 rings (SSSR count). The molecule has 0 atom stereocenters. The van der Waals surface area contributed by atoms with E-state index in [1.165, 1.54) is 32.1 Å². The first-order valence-corrected chi connectivity index (χ1v) is 6.49. The molecule has 0 spiro atoms. The van der Waals surface area contributed by atoms with Gasteiger partial charge in [-0.05, 0) is 35.7 Å². The molecule has 0 unspecified atom stereocenters. The molecule has 2 N–H and O–H groups in total. The zero-order valence-electron chi connectivity index (χ0n) is 9.35. The molecule has 0 amide bonds. The van der Waals surface area contributed by atoms with Gasteiger partial charge in [-0.25, -0.2) is 4.98 Å². The van der Waals surface area contributed by atoms with Crippen molar-refractivity contribution in [2.75, 3.05) is 5.32 Å². The second-order valence-corrected chi connectivity index (χ2v) is 5.09. The van der Waals surface area contributed by atoms with Crippen LogP contribution in [0.1, 0.15) is 37.8 Å². The lowest BCUT2D eigenvalue weighted by atomic mass is 9.96. The lowest BCUT2D eigenvalue weighted by Gasteiger charge is -2.23. The molecular formula is C11H16BrN3O. The third-order valence-electron chi connectivity index (χ3n) is 2.97. The Morgan fingerprint density at radius 2 is 2.06 bits per heavy atom. The van der Waals surface area contributed by atoms with E-state index in [-0.39, 0.29) is 5.56 Å². The molecule has 1 heterocycles. The highest BCUT2D eigenvalue weighted by Crippen LogP contribution is 2.20. The second kappa shape index (κ2) is 4.99. The van der Waals surface area contributed by atoms with Gasteiger partial charge in [0.2, 0.25) is 5.95 Å². The maximum absolute atomic E-state index is 11.5. The summed E-state index contributed by atoms with van der Waals surface area (Å²) in [5.74, 6) is 0.595. The maximum atomic E-state index is 11.5. The molecule has 0 aromatic carbocycles. The number of nitrogens with one attached hydrogen (secondary N) is 2. The molecule has 4 nitrogen and oxygen atoms in total. The van der Waals surface area contributed by atoms with Gasteiger partial charge in [0, 0.05) is 6.04 Å². The Morgan fingerprint density at radius 1 is 1.38 bits per heavy atom. The van der Waals surface area contributed by atoms with E-state index in [1.807, 2.05) is 6.92 Å².